The molecule has 0 radical (unpaired) electrons. The van der Waals surface area contributed by atoms with Gasteiger partial charge in [-0.15, -0.1) is 0 Å². The zero-order chi connectivity index (χ0) is 9.40. The summed E-state index contributed by atoms with van der Waals surface area (Å²) in [4.78, 5) is 20.3. The fourth-order valence-electron chi connectivity index (χ4n) is 0.389. The van der Waals surface area contributed by atoms with Gasteiger partial charge in [-0.25, -0.2) is 0 Å². The van der Waals surface area contributed by atoms with E-state index < -0.39 is 5.97 Å². The van der Waals surface area contributed by atoms with E-state index in [-0.39, 0.29) is 12.3 Å². The van der Waals surface area contributed by atoms with Crippen molar-refractivity contribution in [2.75, 3.05) is 11.5 Å². The van der Waals surface area contributed by atoms with Gasteiger partial charge < -0.3 is 10.8 Å². The molecule has 0 saturated carbocycles. The molecule has 0 aliphatic heterocycles. The van der Waals surface area contributed by atoms with Crippen LogP contribution in [0.4, 0.5) is 0 Å². The Bertz CT molecular complexity index is 145. The summed E-state index contributed by atoms with van der Waals surface area (Å²) in [5, 5.41) is 8.26. The lowest BCUT2D eigenvalue weighted by molar-refractivity contribution is -0.136. The molecule has 4 nitrogen and oxygen atoms in total. The molecule has 0 spiro atoms. The Kier molecular flexibility index (Phi) is 7.08. The Morgan fingerprint density at radius 2 is 1.67 bits per heavy atom. The van der Waals surface area contributed by atoms with Crippen molar-refractivity contribution in [1.29, 1.82) is 0 Å². The van der Waals surface area contributed by atoms with E-state index in [0.717, 1.165) is 0 Å². The maximum atomic E-state index is 10.2. The topological polar surface area (TPSA) is 80.4 Å². The van der Waals surface area contributed by atoms with Crippen LogP contribution in [0, 0.1) is 0 Å². The molecule has 1 amide bonds. The number of aliphatic carboxylic acids is 1. The molecule has 0 aliphatic carbocycles. The minimum atomic E-state index is -0.794. The molecule has 0 saturated heterocycles. The largest absolute Gasteiger partial charge is 0.481 e. The Balaban J connectivity index is 3.01. The number of carboxylic acid groups (broad SMARTS) is 1. The molecule has 0 aliphatic rings. The van der Waals surface area contributed by atoms with Gasteiger partial charge in [0, 0.05) is 17.9 Å². The number of rotatable bonds is 7. The maximum Gasteiger partial charge on any atom is 0.304 e. The summed E-state index contributed by atoms with van der Waals surface area (Å²) in [6, 6.07) is 0. The Hall–Kier alpha value is -0.360. The molecular formula is C6H11NO3S2. The maximum absolute atomic E-state index is 10.2. The van der Waals surface area contributed by atoms with Crippen LogP contribution >= 0.6 is 21.6 Å². The summed E-state index contributed by atoms with van der Waals surface area (Å²) in [5.74, 6) is 0.109. The standard InChI is InChI=1S/C6H11NO3S2/c7-5(8)1-3-11-12-4-2-6(9)10/h1-4H2,(H2,7,8)(H,9,10). The molecule has 70 valence electrons. The number of carbonyl (C=O) groups excluding carboxylic acids is 1. The highest BCUT2D eigenvalue weighted by atomic mass is 33.1. The quantitative estimate of drug-likeness (QED) is 0.477. The zero-order valence-corrected chi connectivity index (χ0v) is 8.12. The average molecular weight is 209 g/mol. The van der Waals surface area contributed by atoms with Gasteiger partial charge in [-0.3, -0.25) is 9.59 Å². The van der Waals surface area contributed by atoms with Gasteiger partial charge in [-0.2, -0.15) is 0 Å². The first-order valence-electron chi connectivity index (χ1n) is 3.37. The Morgan fingerprint density at radius 1 is 1.17 bits per heavy atom. The van der Waals surface area contributed by atoms with Gasteiger partial charge in [-0.1, -0.05) is 21.6 Å². The predicted octanol–water partition coefficient (Wildman–Crippen LogP) is 0.718. The molecule has 0 atom stereocenters. The molecule has 12 heavy (non-hydrogen) atoms. The van der Waals surface area contributed by atoms with Gasteiger partial charge in [0.1, 0.15) is 0 Å². The summed E-state index contributed by atoms with van der Waals surface area (Å²) < 4.78 is 0. The van der Waals surface area contributed by atoms with Crippen LogP contribution in [0.2, 0.25) is 0 Å². The van der Waals surface area contributed by atoms with Crippen molar-refractivity contribution < 1.29 is 14.7 Å². The second-order valence-electron chi connectivity index (χ2n) is 2.00. The van der Waals surface area contributed by atoms with Crippen molar-refractivity contribution in [3.8, 4) is 0 Å². The number of primary amides is 1. The van der Waals surface area contributed by atoms with Crippen molar-refractivity contribution >= 4 is 33.5 Å². The normalized spacial score (nSPS) is 9.67. The number of carboxylic acids is 1. The van der Waals surface area contributed by atoms with Crippen LogP contribution in [-0.2, 0) is 9.59 Å². The minimum absolute atomic E-state index is 0.161. The van der Waals surface area contributed by atoms with Gasteiger partial charge in [0.15, 0.2) is 0 Å². The molecule has 0 heterocycles. The lowest BCUT2D eigenvalue weighted by Crippen LogP contribution is -2.10. The number of amides is 1. The third-order valence-electron chi connectivity index (χ3n) is 0.914. The van der Waals surface area contributed by atoms with Crippen LogP contribution in [0.3, 0.4) is 0 Å². The van der Waals surface area contributed by atoms with E-state index in [1.165, 1.54) is 21.6 Å². The van der Waals surface area contributed by atoms with Gasteiger partial charge >= 0.3 is 5.97 Å². The molecule has 0 rings (SSSR count). The summed E-state index contributed by atoms with van der Waals surface area (Å²) in [5.41, 5.74) is 4.90. The summed E-state index contributed by atoms with van der Waals surface area (Å²) in [6.45, 7) is 0. The lowest BCUT2D eigenvalue weighted by atomic mass is 10.5. The Morgan fingerprint density at radius 3 is 2.08 bits per heavy atom. The van der Waals surface area contributed by atoms with E-state index in [1.807, 2.05) is 0 Å². The first-order valence-corrected chi connectivity index (χ1v) is 5.86. The van der Waals surface area contributed by atoms with Crippen molar-refractivity contribution in [1.82, 2.24) is 0 Å². The number of nitrogens with two attached hydrogens (primary N) is 1. The number of hydrogen-bond acceptors (Lipinski definition) is 4. The van der Waals surface area contributed by atoms with E-state index in [2.05, 4.69) is 0 Å². The van der Waals surface area contributed by atoms with Gasteiger partial charge in [-0.05, 0) is 0 Å². The van der Waals surface area contributed by atoms with E-state index in [9.17, 15) is 9.59 Å². The molecule has 6 heteroatoms. The van der Waals surface area contributed by atoms with Gasteiger partial charge in [0.25, 0.3) is 0 Å². The highest BCUT2D eigenvalue weighted by molar-refractivity contribution is 8.76. The first-order chi connectivity index (χ1) is 5.63. The SMILES string of the molecule is NC(=O)CCSSCCC(=O)O. The monoisotopic (exact) mass is 209 g/mol. The lowest BCUT2D eigenvalue weighted by Gasteiger charge is -1.96. The molecular weight excluding hydrogens is 198 g/mol. The smallest absolute Gasteiger partial charge is 0.304 e. The van der Waals surface area contributed by atoms with Gasteiger partial charge in [0.05, 0.1) is 6.42 Å². The van der Waals surface area contributed by atoms with E-state index >= 15 is 0 Å². The van der Waals surface area contributed by atoms with Crippen LogP contribution < -0.4 is 5.73 Å². The van der Waals surface area contributed by atoms with Crippen LogP contribution in [0.1, 0.15) is 12.8 Å². The molecule has 0 aromatic heterocycles. The summed E-state index contributed by atoms with van der Waals surface area (Å²) in [6.07, 6.45) is 0.513. The highest BCUT2D eigenvalue weighted by Crippen LogP contribution is 2.22. The van der Waals surface area contributed by atoms with Crippen molar-refractivity contribution in [2.45, 2.75) is 12.8 Å². The van der Waals surface area contributed by atoms with E-state index in [4.69, 9.17) is 10.8 Å². The van der Waals surface area contributed by atoms with Crippen LogP contribution in [0.25, 0.3) is 0 Å². The number of carbonyl (C=O) groups is 2. The second-order valence-corrected chi connectivity index (χ2v) is 4.71. The third kappa shape index (κ3) is 9.64. The van der Waals surface area contributed by atoms with E-state index in [0.29, 0.717) is 17.9 Å². The first kappa shape index (κ1) is 11.6. The molecule has 0 bridgehead atoms. The fraction of sp³-hybridized carbons (Fsp3) is 0.667. The predicted molar refractivity (Wildman–Crippen MR) is 51.0 cm³/mol. The summed E-state index contributed by atoms with van der Waals surface area (Å²) >= 11 is 0. The molecule has 0 unspecified atom stereocenters. The van der Waals surface area contributed by atoms with Crippen molar-refractivity contribution in [2.24, 2.45) is 5.73 Å². The van der Waals surface area contributed by atoms with Crippen LogP contribution in [-0.4, -0.2) is 28.5 Å². The fourth-order valence-corrected chi connectivity index (χ4v) is 2.37. The van der Waals surface area contributed by atoms with Crippen molar-refractivity contribution in [3.05, 3.63) is 0 Å². The molecule has 0 aromatic rings. The van der Waals surface area contributed by atoms with Crippen LogP contribution in [0.15, 0.2) is 0 Å². The summed E-state index contributed by atoms with van der Waals surface area (Å²) in [7, 11) is 2.93. The second kappa shape index (κ2) is 7.30. The molecule has 0 aromatic carbocycles. The zero-order valence-electron chi connectivity index (χ0n) is 6.49. The van der Waals surface area contributed by atoms with Gasteiger partial charge in [0.2, 0.25) is 5.91 Å². The third-order valence-corrected chi connectivity index (χ3v) is 3.32. The average Bonchev–Trinajstić information content (AvgIpc) is 1.95. The number of hydrogen-bond donors (Lipinski definition) is 2. The van der Waals surface area contributed by atoms with Crippen molar-refractivity contribution in [3.63, 3.8) is 0 Å². The molecule has 3 N–H and O–H groups in total. The van der Waals surface area contributed by atoms with Crippen LogP contribution in [0.5, 0.6) is 0 Å². The minimum Gasteiger partial charge on any atom is -0.481 e. The van der Waals surface area contributed by atoms with E-state index in [1.54, 1.807) is 0 Å². The Labute approximate surface area is 78.7 Å². The highest BCUT2D eigenvalue weighted by Gasteiger charge is 1.98. The molecule has 0 fully saturated rings.